The molecule has 5 heteroatoms. The molecule has 1 aliphatic carbocycles. The summed E-state index contributed by atoms with van der Waals surface area (Å²) in [4.78, 5) is 17.4. The minimum atomic E-state index is -0.978. The second-order valence-electron chi connectivity index (χ2n) is 5.66. The average Bonchev–Trinajstić information content (AvgIpc) is 2.63. The Kier molecular flexibility index (Phi) is 3.87. The molecule has 0 bridgehead atoms. The number of carbonyl (C=O) groups is 1. The van der Waals surface area contributed by atoms with Gasteiger partial charge in [0.25, 0.3) is 0 Å². The van der Waals surface area contributed by atoms with Gasteiger partial charge in [0.2, 0.25) is 0 Å². The minimum Gasteiger partial charge on any atom is -0.477 e. The van der Waals surface area contributed by atoms with E-state index in [-0.39, 0.29) is 5.69 Å². The Hall–Kier alpha value is -1.62. The SMILES string of the molecule is O=C(O)c1cccc(N2CCOCC(C3CCC3)C2)n1. The zero-order chi connectivity index (χ0) is 13.9. The zero-order valence-corrected chi connectivity index (χ0v) is 11.5. The molecule has 2 aliphatic rings. The first-order chi connectivity index (χ1) is 9.74. The van der Waals surface area contributed by atoms with E-state index in [1.54, 1.807) is 6.07 Å². The number of aromatic nitrogens is 1. The molecule has 108 valence electrons. The molecule has 5 nitrogen and oxygen atoms in total. The van der Waals surface area contributed by atoms with E-state index in [1.165, 1.54) is 25.3 Å². The Morgan fingerprint density at radius 2 is 2.20 bits per heavy atom. The molecule has 0 aromatic carbocycles. The number of aromatic carboxylic acids is 1. The maximum Gasteiger partial charge on any atom is 0.354 e. The van der Waals surface area contributed by atoms with Gasteiger partial charge in [0.15, 0.2) is 5.69 Å². The first-order valence-corrected chi connectivity index (χ1v) is 7.27. The second-order valence-corrected chi connectivity index (χ2v) is 5.66. The van der Waals surface area contributed by atoms with Gasteiger partial charge in [0.05, 0.1) is 13.2 Å². The molecular formula is C15H20N2O3. The minimum absolute atomic E-state index is 0.104. The van der Waals surface area contributed by atoms with E-state index in [1.807, 2.05) is 6.07 Å². The summed E-state index contributed by atoms with van der Waals surface area (Å²) in [5.74, 6) is 1.08. The summed E-state index contributed by atoms with van der Waals surface area (Å²) < 4.78 is 5.71. The summed E-state index contributed by atoms with van der Waals surface area (Å²) in [6, 6.07) is 5.18. The largest absolute Gasteiger partial charge is 0.477 e. The number of hydrogen-bond acceptors (Lipinski definition) is 4. The fraction of sp³-hybridized carbons (Fsp3) is 0.600. The third-order valence-corrected chi connectivity index (χ3v) is 4.39. The van der Waals surface area contributed by atoms with Crippen LogP contribution >= 0.6 is 0 Å². The Bertz CT molecular complexity index is 488. The van der Waals surface area contributed by atoms with Gasteiger partial charge >= 0.3 is 5.97 Å². The Labute approximate surface area is 118 Å². The van der Waals surface area contributed by atoms with E-state index >= 15 is 0 Å². The van der Waals surface area contributed by atoms with E-state index in [0.717, 1.165) is 31.4 Å². The smallest absolute Gasteiger partial charge is 0.354 e. The van der Waals surface area contributed by atoms with Crippen molar-refractivity contribution in [1.82, 2.24) is 4.98 Å². The number of carboxylic acid groups (broad SMARTS) is 1. The predicted molar refractivity (Wildman–Crippen MR) is 75.1 cm³/mol. The van der Waals surface area contributed by atoms with Gasteiger partial charge in [-0.1, -0.05) is 25.3 Å². The van der Waals surface area contributed by atoms with E-state index < -0.39 is 5.97 Å². The van der Waals surface area contributed by atoms with Crippen molar-refractivity contribution < 1.29 is 14.6 Å². The molecule has 20 heavy (non-hydrogen) atoms. The number of anilines is 1. The van der Waals surface area contributed by atoms with Crippen LogP contribution in [0.3, 0.4) is 0 Å². The summed E-state index contributed by atoms with van der Waals surface area (Å²) in [5.41, 5.74) is 0.104. The first-order valence-electron chi connectivity index (χ1n) is 7.27. The van der Waals surface area contributed by atoms with Crippen molar-refractivity contribution in [3.8, 4) is 0 Å². The molecule has 0 spiro atoms. The number of hydrogen-bond donors (Lipinski definition) is 1. The van der Waals surface area contributed by atoms with Crippen LogP contribution < -0.4 is 4.90 Å². The number of rotatable bonds is 3. The van der Waals surface area contributed by atoms with Crippen molar-refractivity contribution in [1.29, 1.82) is 0 Å². The van der Waals surface area contributed by atoms with Crippen molar-refractivity contribution in [2.75, 3.05) is 31.2 Å². The summed E-state index contributed by atoms with van der Waals surface area (Å²) in [7, 11) is 0. The Balaban J connectivity index is 1.76. The van der Waals surface area contributed by atoms with Crippen LogP contribution in [0, 0.1) is 11.8 Å². The van der Waals surface area contributed by atoms with Gasteiger partial charge in [-0.05, 0) is 18.1 Å². The molecule has 1 aliphatic heterocycles. The lowest BCUT2D eigenvalue weighted by atomic mass is 9.76. The van der Waals surface area contributed by atoms with Crippen LogP contribution in [0.15, 0.2) is 18.2 Å². The van der Waals surface area contributed by atoms with Crippen molar-refractivity contribution in [2.45, 2.75) is 19.3 Å². The molecule has 1 atom stereocenters. The summed E-state index contributed by atoms with van der Waals surface area (Å²) in [5, 5.41) is 9.04. The molecule has 2 heterocycles. The highest BCUT2D eigenvalue weighted by Crippen LogP contribution is 2.35. The molecule has 1 aromatic rings. The summed E-state index contributed by atoms with van der Waals surface area (Å²) >= 11 is 0. The van der Waals surface area contributed by atoms with Gasteiger partial charge in [-0.15, -0.1) is 0 Å². The highest BCUT2D eigenvalue weighted by molar-refractivity contribution is 5.85. The monoisotopic (exact) mass is 276 g/mol. The molecule has 3 rings (SSSR count). The number of pyridine rings is 1. The zero-order valence-electron chi connectivity index (χ0n) is 11.5. The van der Waals surface area contributed by atoms with Gasteiger partial charge in [0.1, 0.15) is 5.82 Å². The lowest BCUT2D eigenvalue weighted by Crippen LogP contribution is -2.36. The Morgan fingerprint density at radius 1 is 1.35 bits per heavy atom. The number of nitrogens with zero attached hydrogens (tertiary/aromatic N) is 2. The molecule has 1 unspecified atom stereocenters. The van der Waals surface area contributed by atoms with Crippen LogP contribution in [-0.4, -0.2) is 42.4 Å². The van der Waals surface area contributed by atoms with Gasteiger partial charge in [-0.2, -0.15) is 0 Å². The van der Waals surface area contributed by atoms with E-state index in [0.29, 0.717) is 12.5 Å². The molecule has 1 saturated heterocycles. The predicted octanol–water partition coefficient (Wildman–Crippen LogP) is 2.03. The lowest BCUT2D eigenvalue weighted by Gasteiger charge is -2.35. The lowest BCUT2D eigenvalue weighted by molar-refractivity contribution is 0.0690. The highest BCUT2D eigenvalue weighted by Gasteiger charge is 2.30. The highest BCUT2D eigenvalue weighted by atomic mass is 16.5. The quantitative estimate of drug-likeness (QED) is 0.915. The van der Waals surface area contributed by atoms with Gasteiger partial charge in [-0.3, -0.25) is 0 Å². The first kappa shape index (κ1) is 13.4. The van der Waals surface area contributed by atoms with Crippen molar-refractivity contribution in [3.63, 3.8) is 0 Å². The van der Waals surface area contributed by atoms with Crippen LogP contribution in [0.1, 0.15) is 29.8 Å². The van der Waals surface area contributed by atoms with Crippen LogP contribution in [0.2, 0.25) is 0 Å². The van der Waals surface area contributed by atoms with E-state index in [2.05, 4.69) is 9.88 Å². The maximum absolute atomic E-state index is 11.0. The third-order valence-electron chi connectivity index (χ3n) is 4.39. The van der Waals surface area contributed by atoms with Gasteiger partial charge in [-0.25, -0.2) is 9.78 Å². The number of ether oxygens (including phenoxy) is 1. The standard InChI is InChI=1S/C15H20N2O3/c18-15(19)13-5-2-6-14(16-13)17-7-8-20-10-12(9-17)11-3-1-4-11/h2,5-6,11-12H,1,3-4,7-10H2,(H,18,19). The molecule has 2 fully saturated rings. The van der Waals surface area contributed by atoms with Gasteiger partial charge in [0, 0.05) is 19.0 Å². The molecule has 1 saturated carbocycles. The van der Waals surface area contributed by atoms with Crippen LogP contribution in [0.5, 0.6) is 0 Å². The second kappa shape index (κ2) is 5.79. The maximum atomic E-state index is 11.0. The molecule has 1 N–H and O–H groups in total. The van der Waals surface area contributed by atoms with Crippen LogP contribution in [-0.2, 0) is 4.74 Å². The normalized spacial score (nSPS) is 24.0. The average molecular weight is 276 g/mol. The van der Waals surface area contributed by atoms with Crippen LogP contribution in [0.4, 0.5) is 5.82 Å². The fourth-order valence-corrected chi connectivity index (χ4v) is 2.96. The summed E-state index contributed by atoms with van der Waals surface area (Å²) in [6.45, 7) is 3.20. The molecular weight excluding hydrogens is 256 g/mol. The Morgan fingerprint density at radius 3 is 2.90 bits per heavy atom. The summed E-state index contributed by atoms with van der Waals surface area (Å²) in [6.07, 6.45) is 3.92. The van der Waals surface area contributed by atoms with Crippen molar-refractivity contribution in [2.24, 2.45) is 11.8 Å². The van der Waals surface area contributed by atoms with Gasteiger partial charge < -0.3 is 14.7 Å². The van der Waals surface area contributed by atoms with Crippen molar-refractivity contribution >= 4 is 11.8 Å². The van der Waals surface area contributed by atoms with Crippen molar-refractivity contribution in [3.05, 3.63) is 23.9 Å². The van der Waals surface area contributed by atoms with E-state index in [4.69, 9.17) is 9.84 Å². The fourth-order valence-electron chi connectivity index (χ4n) is 2.96. The molecule has 1 aromatic heterocycles. The topological polar surface area (TPSA) is 62.7 Å². The van der Waals surface area contributed by atoms with Crippen LogP contribution in [0.25, 0.3) is 0 Å². The number of carboxylic acids is 1. The van der Waals surface area contributed by atoms with E-state index in [9.17, 15) is 4.79 Å². The molecule has 0 amide bonds. The molecule has 0 radical (unpaired) electrons. The third kappa shape index (κ3) is 2.77.